The number of alkyl halides is 4. The largest absolute Gasteiger partial charge is 0.121 e. The lowest BCUT2D eigenvalue weighted by molar-refractivity contribution is 0.392. The summed E-state index contributed by atoms with van der Waals surface area (Å²) in [6.07, 6.45) is 2.34. The van der Waals surface area contributed by atoms with Crippen molar-refractivity contribution in [3.05, 3.63) is 0 Å². The summed E-state index contributed by atoms with van der Waals surface area (Å²) in [5.74, 6) is 1.13. The van der Waals surface area contributed by atoms with E-state index < -0.39 is 0 Å². The lowest BCUT2D eigenvalue weighted by Crippen LogP contribution is -2.44. The molecule has 4 heteroatoms. The predicted molar refractivity (Wildman–Crippen MR) is 65.5 cm³/mol. The minimum Gasteiger partial charge on any atom is -0.121 e. The van der Waals surface area contributed by atoms with E-state index in [4.69, 9.17) is 23.2 Å². The molecule has 2 saturated carbocycles. The van der Waals surface area contributed by atoms with Gasteiger partial charge in [0, 0.05) is 9.15 Å². The average Bonchev–Trinajstić information content (AvgIpc) is 2.52. The van der Waals surface area contributed by atoms with E-state index in [0.717, 1.165) is 6.42 Å². The van der Waals surface area contributed by atoms with Crippen LogP contribution in [0, 0.1) is 11.8 Å². The molecule has 2 rings (SSSR count). The van der Waals surface area contributed by atoms with E-state index in [9.17, 15) is 0 Å². The van der Waals surface area contributed by atoms with Gasteiger partial charge in [0.05, 0.1) is 10.8 Å². The van der Waals surface area contributed by atoms with Crippen LogP contribution in [0.25, 0.3) is 0 Å². The van der Waals surface area contributed by atoms with Crippen LogP contribution >= 0.6 is 55.1 Å². The van der Waals surface area contributed by atoms with E-state index in [1.165, 1.54) is 6.42 Å². The SMILES string of the molecule is CC(Br)C1(Br)CC2CC1C(Cl)C2Cl. The van der Waals surface area contributed by atoms with Crippen molar-refractivity contribution in [2.24, 2.45) is 11.8 Å². The first kappa shape index (κ1) is 11.0. The Bertz CT molecular complexity index is 220. The van der Waals surface area contributed by atoms with Crippen molar-refractivity contribution in [3.8, 4) is 0 Å². The Hall–Kier alpha value is 1.54. The Morgan fingerprint density at radius 2 is 2.00 bits per heavy atom. The second-order valence-corrected chi connectivity index (χ2v) is 8.10. The van der Waals surface area contributed by atoms with Crippen LogP contribution in [-0.4, -0.2) is 19.9 Å². The fourth-order valence-electron chi connectivity index (χ4n) is 2.74. The van der Waals surface area contributed by atoms with Gasteiger partial charge in [0.25, 0.3) is 0 Å². The molecule has 0 aromatic carbocycles. The molecular formula is C9H12Br2Cl2. The Morgan fingerprint density at radius 3 is 2.38 bits per heavy atom. The first-order chi connectivity index (χ1) is 5.97. The van der Waals surface area contributed by atoms with Crippen LogP contribution in [-0.2, 0) is 0 Å². The van der Waals surface area contributed by atoms with Crippen LogP contribution in [0.3, 0.4) is 0 Å². The van der Waals surface area contributed by atoms with Gasteiger partial charge in [-0.05, 0) is 24.7 Å². The first-order valence-electron chi connectivity index (χ1n) is 4.58. The third kappa shape index (κ3) is 1.51. The van der Waals surface area contributed by atoms with E-state index in [1.54, 1.807) is 0 Å². The molecule has 6 atom stereocenters. The normalized spacial score (nSPS) is 57.0. The van der Waals surface area contributed by atoms with Gasteiger partial charge >= 0.3 is 0 Å². The minimum absolute atomic E-state index is 0.139. The quantitative estimate of drug-likeness (QED) is 0.623. The Balaban J connectivity index is 2.23. The average molecular weight is 351 g/mol. The van der Waals surface area contributed by atoms with Gasteiger partial charge in [-0.3, -0.25) is 0 Å². The van der Waals surface area contributed by atoms with Crippen molar-refractivity contribution in [1.82, 2.24) is 0 Å². The molecule has 0 heterocycles. The zero-order valence-electron chi connectivity index (χ0n) is 7.31. The third-order valence-electron chi connectivity index (χ3n) is 3.55. The summed E-state index contributed by atoms with van der Waals surface area (Å²) in [4.78, 5) is 0.459. The van der Waals surface area contributed by atoms with Gasteiger partial charge in [-0.1, -0.05) is 38.8 Å². The summed E-state index contributed by atoms with van der Waals surface area (Å²) in [5, 5.41) is 0.323. The molecule has 2 bridgehead atoms. The van der Waals surface area contributed by atoms with Crippen molar-refractivity contribution < 1.29 is 0 Å². The number of rotatable bonds is 1. The highest BCUT2D eigenvalue weighted by Crippen LogP contribution is 2.60. The van der Waals surface area contributed by atoms with Gasteiger partial charge in [-0.15, -0.1) is 23.2 Å². The van der Waals surface area contributed by atoms with Gasteiger partial charge in [0.15, 0.2) is 0 Å². The van der Waals surface area contributed by atoms with Gasteiger partial charge < -0.3 is 0 Å². The standard InChI is InChI=1S/C9H12Br2Cl2/c1-4(10)9(11)3-5-2-6(9)8(13)7(5)12/h4-8H,2-3H2,1H3. The molecule has 2 fully saturated rings. The highest BCUT2D eigenvalue weighted by molar-refractivity contribution is 9.12. The monoisotopic (exact) mass is 348 g/mol. The molecule has 0 spiro atoms. The summed E-state index contributed by atoms with van der Waals surface area (Å²) < 4.78 is 0.176. The molecule has 0 N–H and O–H groups in total. The molecule has 6 unspecified atom stereocenters. The van der Waals surface area contributed by atoms with Crippen LogP contribution in [0.15, 0.2) is 0 Å². The molecule has 2 aliphatic rings. The molecule has 0 nitrogen and oxygen atoms in total. The molecule has 0 amide bonds. The number of hydrogen-bond donors (Lipinski definition) is 0. The van der Waals surface area contributed by atoms with Crippen LogP contribution in [0.5, 0.6) is 0 Å². The molecule has 0 aliphatic heterocycles. The van der Waals surface area contributed by atoms with Gasteiger partial charge in [0.1, 0.15) is 0 Å². The maximum absolute atomic E-state index is 6.30. The summed E-state index contributed by atoms with van der Waals surface area (Å²) in [6.45, 7) is 2.18. The molecule has 0 radical (unpaired) electrons. The van der Waals surface area contributed by atoms with Crippen molar-refractivity contribution in [3.63, 3.8) is 0 Å². The highest BCUT2D eigenvalue weighted by atomic mass is 79.9. The molecule has 76 valence electrons. The molecule has 0 saturated heterocycles. The Kier molecular flexibility index (Phi) is 3.00. The summed E-state index contributed by atoms with van der Waals surface area (Å²) in [6, 6.07) is 0. The molecule has 0 aromatic heterocycles. The highest BCUT2D eigenvalue weighted by Gasteiger charge is 2.59. The first-order valence-corrected chi connectivity index (χ1v) is 7.16. The Labute approximate surface area is 106 Å². The molecule has 2 aliphatic carbocycles. The van der Waals surface area contributed by atoms with E-state index in [2.05, 4.69) is 38.8 Å². The zero-order chi connectivity index (χ0) is 9.80. The number of fused-ring (bicyclic) bond motifs is 2. The van der Waals surface area contributed by atoms with Crippen LogP contribution in [0.2, 0.25) is 0 Å². The van der Waals surface area contributed by atoms with Crippen molar-refractivity contribution in [2.75, 3.05) is 0 Å². The summed E-state index contributed by atoms with van der Waals surface area (Å²) in [5.41, 5.74) is 0. The summed E-state index contributed by atoms with van der Waals surface area (Å²) in [7, 11) is 0. The topological polar surface area (TPSA) is 0 Å². The maximum Gasteiger partial charge on any atom is 0.0544 e. The maximum atomic E-state index is 6.30. The van der Waals surface area contributed by atoms with Crippen molar-refractivity contribution >= 4 is 55.1 Å². The lowest BCUT2D eigenvalue weighted by atomic mass is 9.86. The van der Waals surface area contributed by atoms with Crippen molar-refractivity contribution in [1.29, 1.82) is 0 Å². The third-order valence-corrected chi connectivity index (χ3v) is 7.91. The van der Waals surface area contributed by atoms with Gasteiger partial charge in [0.2, 0.25) is 0 Å². The number of halogens is 4. The number of hydrogen-bond acceptors (Lipinski definition) is 0. The van der Waals surface area contributed by atoms with E-state index in [1.807, 2.05) is 0 Å². The van der Waals surface area contributed by atoms with E-state index >= 15 is 0 Å². The van der Waals surface area contributed by atoms with Gasteiger partial charge in [-0.25, -0.2) is 0 Å². The van der Waals surface area contributed by atoms with Gasteiger partial charge in [-0.2, -0.15) is 0 Å². The minimum atomic E-state index is 0.139. The molecular weight excluding hydrogens is 339 g/mol. The van der Waals surface area contributed by atoms with Crippen molar-refractivity contribution in [2.45, 2.75) is 39.7 Å². The fourth-order valence-corrected chi connectivity index (χ4v) is 5.20. The lowest BCUT2D eigenvalue weighted by Gasteiger charge is -2.39. The smallest absolute Gasteiger partial charge is 0.0544 e. The molecule has 13 heavy (non-hydrogen) atoms. The predicted octanol–water partition coefficient (Wildman–Crippen LogP) is 4.16. The van der Waals surface area contributed by atoms with Crippen LogP contribution < -0.4 is 0 Å². The van der Waals surface area contributed by atoms with Crippen LogP contribution in [0.1, 0.15) is 19.8 Å². The second kappa shape index (κ2) is 3.54. The van der Waals surface area contributed by atoms with E-state index in [-0.39, 0.29) is 15.1 Å². The molecule has 0 aromatic rings. The second-order valence-electron chi connectivity index (χ2n) is 4.24. The zero-order valence-corrected chi connectivity index (χ0v) is 12.0. The van der Waals surface area contributed by atoms with E-state index in [0.29, 0.717) is 16.7 Å². The summed E-state index contributed by atoms with van der Waals surface area (Å²) >= 11 is 20.0. The van der Waals surface area contributed by atoms with Crippen LogP contribution in [0.4, 0.5) is 0 Å². The fraction of sp³-hybridized carbons (Fsp3) is 1.00. The Morgan fingerprint density at radius 1 is 1.38 bits per heavy atom.